The summed E-state index contributed by atoms with van der Waals surface area (Å²) in [6, 6.07) is 10.6. The Morgan fingerprint density at radius 2 is 1.96 bits per heavy atom. The van der Waals surface area contributed by atoms with Gasteiger partial charge in [-0.3, -0.25) is 9.69 Å². The molecule has 1 aliphatic heterocycles. The summed E-state index contributed by atoms with van der Waals surface area (Å²) in [4.78, 5) is 18.6. The number of benzene rings is 1. The highest BCUT2D eigenvalue weighted by molar-refractivity contribution is 5.93. The lowest BCUT2D eigenvalue weighted by atomic mass is 10.0. The van der Waals surface area contributed by atoms with Crippen molar-refractivity contribution in [1.29, 1.82) is 0 Å². The van der Waals surface area contributed by atoms with Crippen molar-refractivity contribution in [2.75, 3.05) is 20.1 Å². The van der Waals surface area contributed by atoms with Gasteiger partial charge >= 0.3 is 0 Å². The average Bonchev–Trinajstić information content (AvgIpc) is 3.03. The van der Waals surface area contributed by atoms with E-state index in [-0.39, 0.29) is 5.91 Å². The number of rotatable bonds is 4. The number of aromatic nitrogens is 1. The molecule has 2 aliphatic rings. The van der Waals surface area contributed by atoms with Crippen molar-refractivity contribution in [3.05, 3.63) is 53.2 Å². The minimum absolute atomic E-state index is 0.148. The van der Waals surface area contributed by atoms with Crippen LogP contribution in [0.25, 0.3) is 0 Å². The van der Waals surface area contributed by atoms with E-state index >= 15 is 0 Å². The summed E-state index contributed by atoms with van der Waals surface area (Å²) in [6.07, 6.45) is 7.81. The van der Waals surface area contributed by atoms with Crippen molar-refractivity contribution in [3.63, 3.8) is 0 Å². The van der Waals surface area contributed by atoms with Crippen molar-refractivity contribution in [1.82, 2.24) is 15.2 Å². The fourth-order valence-electron chi connectivity index (χ4n) is 4.62. The van der Waals surface area contributed by atoms with Crippen LogP contribution in [-0.4, -0.2) is 42.0 Å². The fraction of sp³-hybridized carbons (Fsp3) is 0.478. The van der Waals surface area contributed by atoms with Gasteiger partial charge in [-0.25, -0.2) is 4.98 Å². The number of pyridine rings is 1. The Morgan fingerprint density at radius 3 is 2.64 bits per heavy atom. The highest BCUT2D eigenvalue weighted by Crippen LogP contribution is 2.32. The smallest absolute Gasteiger partial charge is 0.252 e. The number of amides is 1. The number of nitrogens with one attached hydrogen (secondary N) is 1. The van der Waals surface area contributed by atoms with E-state index in [0.717, 1.165) is 43.6 Å². The molecule has 2 aromatic rings. The lowest BCUT2D eigenvalue weighted by molar-refractivity contribution is 0.0962. The van der Waals surface area contributed by atoms with Gasteiger partial charge in [-0.05, 0) is 60.9 Å². The number of hydrogen-bond donors (Lipinski definition) is 1. The molecule has 2 unspecified atom stereocenters. The summed E-state index contributed by atoms with van der Waals surface area (Å²) in [5.41, 5.74) is 3.34. The predicted octanol–water partition coefficient (Wildman–Crippen LogP) is 3.82. The Balaban J connectivity index is 1.43. The van der Waals surface area contributed by atoms with Gasteiger partial charge in [0.05, 0.1) is 5.56 Å². The van der Waals surface area contributed by atoms with E-state index in [9.17, 15) is 4.79 Å². The average molecular weight is 380 g/mol. The first kappa shape index (κ1) is 18.9. The molecule has 2 atom stereocenters. The molecule has 4 rings (SSSR count). The third kappa shape index (κ3) is 4.04. The molecular formula is C23H29N3O2. The van der Waals surface area contributed by atoms with Crippen LogP contribution in [-0.2, 0) is 12.8 Å². The van der Waals surface area contributed by atoms with E-state index in [1.54, 1.807) is 19.2 Å². The van der Waals surface area contributed by atoms with Crippen LogP contribution in [0, 0.1) is 5.92 Å². The monoisotopic (exact) mass is 379 g/mol. The Hall–Kier alpha value is -2.40. The molecule has 1 saturated carbocycles. The van der Waals surface area contributed by atoms with Crippen LogP contribution in [0.5, 0.6) is 11.6 Å². The molecule has 1 aliphatic carbocycles. The van der Waals surface area contributed by atoms with Gasteiger partial charge in [0.25, 0.3) is 5.91 Å². The summed E-state index contributed by atoms with van der Waals surface area (Å²) < 4.78 is 5.94. The first-order valence-electron chi connectivity index (χ1n) is 10.4. The van der Waals surface area contributed by atoms with Gasteiger partial charge in [-0.1, -0.05) is 19.4 Å². The van der Waals surface area contributed by atoms with Crippen LogP contribution in [0.4, 0.5) is 0 Å². The van der Waals surface area contributed by atoms with E-state index in [0.29, 0.717) is 11.4 Å². The predicted molar refractivity (Wildman–Crippen MR) is 110 cm³/mol. The van der Waals surface area contributed by atoms with Crippen LogP contribution in [0.15, 0.2) is 36.5 Å². The van der Waals surface area contributed by atoms with Crippen LogP contribution in [0.1, 0.15) is 47.7 Å². The van der Waals surface area contributed by atoms with Crippen molar-refractivity contribution >= 4 is 5.91 Å². The third-order valence-electron chi connectivity index (χ3n) is 6.25. The minimum Gasteiger partial charge on any atom is -0.439 e. The Kier molecular flexibility index (Phi) is 5.62. The molecule has 1 aromatic heterocycles. The number of hydrogen-bond acceptors (Lipinski definition) is 4. The largest absolute Gasteiger partial charge is 0.439 e. The molecule has 5 heteroatoms. The third-order valence-corrected chi connectivity index (χ3v) is 6.25. The van der Waals surface area contributed by atoms with Gasteiger partial charge in [0.1, 0.15) is 5.75 Å². The Bertz CT molecular complexity index is 834. The van der Waals surface area contributed by atoms with Gasteiger partial charge in [0.2, 0.25) is 5.88 Å². The second-order valence-corrected chi connectivity index (χ2v) is 8.01. The van der Waals surface area contributed by atoms with Crippen LogP contribution in [0.2, 0.25) is 0 Å². The topological polar surface area (TPSA) is 54.5 Å². The Labute approximate surface area is 167 Å². The Morgan fingerprint density at radius 1 is 1.14 bits per heavy atom. The van der Waals surface area contributed by atoms with Gasteiger partial charge < -0.3 is 10.1 Å². The highest BCUT2D eigenvalue weighted by Gasteiger charge is 2.29. The molecule has 1 N–H and O–H groups in total. The van der Waals surface area contributed by atoms with Crippen molar-refractivity contribution in [2.45, 2.75) is 45.1 Å². The molecule has 5 nitrogen and oxygen atoms in total. The summed E-state index contributed by atoms with van der Waals surface area (Å²) in [6.45, 7) is 4.69. The van der Waals surface area contributed by atoms with E-state index in [1.165, 1.54) is 36.6 Å². The standard InChI is InChI=1S/C23H29N3O2/c1-16-4-3-5-21(16)26-12-10-17-6-8-20(14-18(17)11-13-26)28-22-9-7-19(15-25-22)23(27)24-2/h6-9,14-16,21H,3-5,10-13H2,1-2H3,(H,24,27). The second-order valence-electron chi connectivity index (χ2n) is 8.01. The number of fused-ring (bicyclic) bond motifs is 1. The SMILES string of the molecule is CNC(=O)c1ccc(Oc2ccc3c(c2)CCN(C2CCCC2C)CC3)nc1. The van der Waals surface area contributed by atoms with Crippen molar-refractivity contribution in [2.24, 2.45) is 5.92 Å². The number of carbonyl (C=O) groups excluding carboxylic acids is 1. The molecular weight excluding hydrogens is 350 g/mol. The van der Waals surface area contributed by atoms with Gasteiger partial charge in [0, 0.05) is 38.4 Å². The lowest BCUT2D eigenvalue weighted by Gasteiger charge is -2.30. The number of carbonyl (C=O) groups is 1. The van der Waals surface area contributed by atoms with E-state index in [1.807, 2.05) is 6.07 Å². The molecule has 0 bridgehead atoms. The normalized spacial score (nSPS) is 22.4. The first-order chi connectivity index (χ1) is 13.6. The van der Waals surface area contributed by atoms with Crippen molar-refractivity contribution in [3.8, 4) is 11.6 Å². The minimum atomic E-state index is -0.148. The van der Waals surface area contributed by atoms with Crippen LogP contribution in [0.3, 0.4) is 0 Å². The summed E-state index contributed by atoms with van der Waals surface area (Å²) in [7, 11) is 1.61. The lowest BCUT2D eigenvalue weighted by Crippen LogP contribution is -2.38. The quantitative estimate of drug-likeness (QED) is 0.877. The first-order valence-corrected chi connectivity index (χ1v) is 10.4. The van der Waals surface area contributed by atoms with Crippen LogP contribution >= 0.6 is 0 Å². The molecule has 0 spiro atoms. The van der Waals surface area contributed by atoms with E-state index in [4.69, 9.17) is 4.74 Å². The molecule has 1 aromatic carbocycles. The molecule has 0 radical (unpaired) electrons. The molecule has 1 amide bonds. The molecule has 28 heavy (non-hydrogen) atoms. The molecule has 148 valence electrons. The van der Waals surface area contributed by atoms with Crippen LogP contribution < -0.4 is 10.1 Å². The zero-order valence-corrected chi connectivity index (χ0v) is 16.8. The maximum Gasteiger partial charge on any atom is 0.252 e. The van der Waals surface area contributed by atoms with E-state index < -0.39 is 0 Å². The fourth-order valence-corrected chi connectivity index (χ4v) is 4.62. The van der Waals surface area contributed by atoms with Crippen molar-refractivity contribution < 1.29 is 9.53 Å². The zero-order chi connectivity index (χ0) is 19.5. The molecule has 1 fully saturated rings. The van der Waals surface area contributed by atoms with E-state index in [2.05, 4.69) is 34.3 Å². The number of nitrogens with zero attached hydrogens (tertiary/aromatic N) is 2. The maximum atomic E-state index is 11.6. The summed E-state index contributed by atoms with van der Waals surface area (Å²) in [5.74, 6) is 1.98. The molecule has 2 heterocycles. The zero-order valence-electron chi connectivity index (χ0n) is 16.8. The van der Waals surface area contributed by atoms with Gasteiger partial charge in [-0.2, -0.15) is 0 Å². The summed E-state index contributed by atoms with van der Waals surface area (Å²) in [5, 5.41) is 2.59. The van der Waals surface area contributed by atoms with Gasteiger partial charge in [-0.15, -0.1) is 0 Å². The maximum absolute atomic E-state index is 11.6. The van der Waals surface area contributed by atoms with Gasteiger partial charge in [0.15, 0.2) is 0 Å². The highest BCUT2D eigenvalue weighted by atomic mass is 16.5. The second kappa shape index (κ2) is 8.31. The summed E-state index contributed by atoms with van der Waals surface area (Å²) >= 11 is 0. The molecule has 0 saturated heterocycles. The number of ether oxygens (including phenoxy) is 1.